The van der Waals surface area contributed by atoms with Crippen molar-refractivity contribution in [1.29, 1.82) is 0 Å². The summed E-state index contributed by atoms with van der Waals surface area (Å²) in [5, 5.41) is 1.12. The SMILES string of the molecule is Cc1cc(N2CCN(C)CC2)nc2cc(C=O)ccc12. The molecule has 1 aromatic carbocycles. The van der Waals surface area contributed by atoms with Gasteiger partial charge in [-0.25, -0.2) is 4.98 Å². The Balaban J connectivity index is 2.01. The van der Waals surface area contributed by atoms with Crippen LogP contribution in [0.15, 0.2) is 24.3 Å². The number of rotatable bonds is 2. The van der Waals surface area contributed by atoms with Gasteiger partial charge in [-0.15, -0.1) is 0 Å². The molecule has 2 aromatic rings. The molecule has 104 valence electrons. The van der Waals surface area contributed by atoms with Crippen LogP contribution < -0.4 is 4.90 Å². The van der Waals surface area contributed by atoms with E-state index >= 15 is 0 Å². The van der Waals surface area contributed by atoms with Crippen LogP contribution in [-0.4, -0.2) is 49.4 Å². The summed E-state index contributed by atoms with van der Waals surface area (Å²) in [6.07, 6.45) is 0.874. The van der Waals surface area contributed by atoms with Gasteiger partial charge in [0, 0.05) is 37.1 Å². The van der Waals surface area contributed by atoms with Gasteiger partial charge in [-0.2, -0.15) is 0 Å². The Hall–Kier alpha value is -1.94. The molecule has 0 spiro atoms. The average molecular weight is 269 g/mol. The number of carbonyl (C=O) groups is 1. The fraction of sp³-hybridized carbons (Fsp3) is 0.375. The second-order valence-electron chi connectivity index (χ2n) is 5.48. The van der Waals surface area contributed by atoms with E-state index in [1.165, 1.54) is 5.56 Å². The first-order valence-electron chi connectivity index (χ1n) is 6.97. The van der Waals surface area contributed by atoms with Gasteiger partial charge >= 0.3 is 0 Å². The normalized spacial score (nSPS) is 16.6. The lowest BCUT2D eigenvalue weighted by molar-refractivity contribution is 0.112. The number of anilines is 1. The predicted octanol–water partition coefficient (Wildman–Crippen LogP) is 2.11. The van der Waals surface area contributed by atoms with Crippen molar-refractivity contribution in [3.05, 3.63) is 35.4 Å². The van der Waals surface area contributed by atoms with Crippen molar-refractivity contribution in [3.8, 4) is 0 Å². The van der Waals surface area contributed by atoms with Gasteiger partial charge in [-0.3, -0.25) is 4.79 Å². The zero-order valence-corrected chi connectivity index (χ0v) is 12.0. The van der Waals surface area contributed by atoms with Crippen LogP contribution in [0, 0.1) is 6.92 Å². The minimum Gasteiger partial charge on any atom is -0.354 e. The molecule has 1 aliphatic heterocycles. The molecule has 0 bridgehead atoms. The largest absolute Gasteiger partial charge is 0.354 e. The number of hydrogen-bond acceptors (Lipinski definition) is 4. The van der Waals surface area contributed by atoms with Gasteiger partial charge in [0.15, 0.2) is 0 Å². The van der Waals surface area contributed by atoms with E-state index in [-0.39, 0.29) is 0 Å². The minimum absolute atomic E-state index is 0.680. The van der Waals surface area contributed by atoms with E-state index in [9.17, 15) is 4.79 Å². The number of carbonyl (C=O) groups excluding carboxylic acids is 1. The number of nitrogens with zero attached hydrogens (tertiary/aromatic N) is 3. The molecule has 1 aliphatic rings. The molecule has 20 heavy (non-hydrogen) atoms. The van der Waals surface area contributed by atoms with Crippen LogP contribution in [0.3, 0.4) is 0 Å². The number of aromatic nitrogens is 1. The molecule has 0 aliphatic carbocycles. The standard InChI is InChI=1S/C16H19N3O/c1-12-9-16(19-7-5-18(2)6-8-19)17-15-10-13(11-20)3-4-14(12)15/h3-4,9-11H,5-8H2,1-2H3. The number of fused-ring (bicyclic) bond motifs is 1. The van der Waals surface area contributed by atoms with Gasteiger partial charge in [-0.05, 0) is 31.7 Å². The highest BCUT2D eigenvalue weighted by Gasteiger charge is 2.16. The summed E-state index contributed by atoms with van der Waals surface area (Å²) in [5.74, 6) is 1.02. The molecular formula is C16H19N3O. The predicted molar refractivity (Wildman–Crippen MR) is 81.6 cm³/mol. The van der Waals surface area contributed by atoms with Crippen molar-refractivity contribution in [2.24, 2.45) is 0 Å². The van der Waals surface area contributed by atoms with E-state index in [4.69, 9.17) is 4.98 Å². The second-order valence-corrected chi connectivity index (χ2v) is 5.48. The Morgan fingerprint density at radius 2 is 1.90 bits per heavy atom. The molecule has 1 saturated heterocycles. The first-order chi connectivity index (χ1) is 9.67. The summed E-state index contributed by atoms with van der Waals surface area (Å²) in [7, 11) is 2.15. The number of hydrogen-bond donors (Lipinski definition) is 0. The van der Waals surface area contributed by atoms with Gasteiger partial charge in [0.2, 0.25) is 0 Å². The Morgan fingerprint density at radius 3 is 2.60 bits per heavy atom. The number of benzene rings is 1. The molecule has 0 saturated carbocycles. The molecule has 4 nitrogen and oxygen atoms in total. The molecular weight excluding hydrogens is 250 g/mol. The monoisotopic (exact) mass is 269 g/mol. The maximum Gasteiger partial charge on any atom is 0.150 e. The van der Waals surface area contributed by atoms with E-state index in [1.54, 1.807) is 0 Å². The molecule has 0 radical (unpaired) electrons. The fourth-order valence-corrected chi connectivity index (χ4v) is 2.67. The molecule has 2 heterocycles. The topological polar surface area (TPSA) is 36.4 Å². The van der Waals surface area contributed by atoms with Crippen LogP contribution in [0.25, 0.3) is 10.9 Å². The molecule has 3 rings (SSSR count). The summed E-state index contributed by atoms with van der Waals surface area (Å²) in [6.45, 7) is 6.23. The highest BCUT2D eigenvalue weighted by atomic mass is 16.1. The van der Waals surface area contributed by atoms with Crippen molar-refractivity contribution < 1.29 is 4.79 Å². The van der Waals surface area contributed by atoms with Crippen LogP contribution >= 0.6 is 0 Å². The van der Waals surface area contributed by atoms with E-state index in [2.05, 4.69) is 29.8 Å². The van der Waals surface area contributed by atoms with E-state index in [0.29, 0.717) is 5.56 Å². The Labute approximate surface area is 119 Å². The average Bonchev–Trinajstić information content (AvgIpc) is 2.47. The van der Waals surface area contributed by atoms with Gasteiger partial charge in [0.25, 0.3) is 0 Å². The van der Waals surface area contributed by atoms with Crippen LogP contribution in [-0.2, 0) is 0 Å². The van der Waals surface area contributed by atoms with Crippen LogP contribution in [0.2, 0.25) is 0 Å². The summed E-state index contributed by atoms with van der Waals surface area (Å²) in [6, 6.07) is 7.85. The lowest BCUT2D eigenvalue weighted by Gasteiger charge is -2.33. The van der Waals surface area contributed by atoms with Crippen molar-refractivity contribution >= 4 is 23.0 Å². The maximum absolute atomic E-state index is 10.9. The molecule has 0 unspecified atom stereocenters. The zero-order chi connectivity index (χ0) is 14.1. The second kappa shape index (κ2) is 5.21. The van der Waals surface area contributed by atoms with Crippen LogP contribution in [0.4, 0.5) is 5.82 Å². The molecule has 0 atom stereocenters. The minimum atomic E-state index is 0.680. The highest BCUT2D eigenvalue weighted by Crippen LogP contribution is 2.23. The van der Waals surface area contributed by atoms with E-state index < -0.39 is 0 Å². The van der Waals surface area contributed by atoms with Crippen molar-refractivity contribution in [2.45, 2.75) is 6.92 Å². The molecule has 1 aromatic heterocycles. The van der Waals surface area contributed by atoms with Gasteiger partial charge in [-0.1, -0.05) is 12.1 Å². The Bertz CT molecular complexity index is 645. The first kappa shape index (κ1) is 13.1. The quantitative estimate of drug-likeness (QED) is 0.782. The third kappa shape index (κ3) is 2.39. The molecule has 0 N–H and O–H groups in total. The molecule has 1 fully saturated rings. The van der Waals surface area contributed by atoms with Gasteiger partial charge in [0.05, 0.1) is 5.52 Å². The van der Waals surface area contributed by atoms with Gasteiger partial charge in [0.1, 0.15) is 12.1 Å². The van der Waals surface area contributed by atoms with Crippen LogP contribution in [0.1, 0.15) is 15.9 Å². The van der Waals surface area contributed by atoms with Crippen LogP contribution in [0.5, 0.6) is 0 Å². The van der Waals surface area contributed by atoms with Gasteiger partial charge < -0.3 is 9.80 Å². The molecule has 4 heteroatoms. The smallest absolute Gasteiger partial charge is 0.150 e. The third-order valence-electron chi connectivity index (χ3n) is 3.99. The zero-order valence-electron chi connectivity index (χ0n) is 12.0. The summed E-state index contributed by atoms with van der Waals surface area (Å²) < 4.78 is 0. The maximum atomic E-state index is 10.9. The highest BCUT2D eigenvalue weighted by molar-refractivity contribution is 5.89. The van der Waals surface area contributed by atoms with Crippen molar-refractivity contribution in [3.63, 3.8) is 0 Å². The molecule has 0 amide bonds. The number of likely N-dealkylation sites (N-methyl/N-ethyl adjacent to an activating group) is 1. The Kier molecular flexibility index (Phi) is 3.40. The third-order valence-corrected chi connectivity index (χ3v) is 3.99. The van der Waals surface area contributed by atoms with E-state index in [1.807, 2.05) is 18.2 Å². The lowest BCUT2D eigenvalue weighted by atomic mass is 10.1. The fourth-order valence-electron chi connectivity index (χ4n) is 2.67. The van der Waals surface area contributed by atoms with E-state index in [0.717, 1.165) is 49.2 Å². The summed E-state index contributed by atoms with van der Waals surface area (Å²) in [5.41, 5.74) is 2.80. The number of aryl methyl sites for hydroxylation is 1. The first-order valence-corrected chi connectivity index (χ1v) is 6.97. The Morgan fingerprint density at radius 1 is 1.15 bits per heavy atom. The summed E-state index contributed by atoms with van der Waals surface area (Å²) >= 11 is 0. The van der Waals surface area contributed by atoms with Crippen molar-refractivity contribution in [1.82, 2.24) is 9.88 Å². The summed E-state index contributed by atoms with van der Waals surface area (Å²) in [4.78, 5) is 20.3. The number of aldehydes is 1. The lowest BCUT2D eigenvalue weighted by Crippen LogP contribution is -2.44. The number of piperazine rings is 1. The van der Waals surface area contributed by atoms with Crippen molar-refractivity contribution in [2.75, 3.05) is 38.1 Å². The number of pyridine rings is 1.